The van der Waals surface area contributed by atoms with Crippen LogP contribution in [0.4, 0.5) is 13.2 Å². The third-order valence-electron chi connectivity index (χ3n) is 3.00. The summed E-state index contributed by atoms with van der Waals surface area (Å²) in [7, 11) is -5.88. The lowest BCUT2D eigenvalue weighted by Gasteiger charge is -2.23. The maximum Gasteiger partial charge on any atom is 0.534 e. The van der Waals surface area contributed by atoms with Gasteiger partial charge < -0.3 is 13.7 Å². The van der Waals surface area contributed by atoms with E-state index in [0.29, 0.717) is 13.0 Å². The van der Waals surface area contributed by atoms with Crippen molar-refractivity contribution in [3.8, 4) is 11.5 Å². The molecule has 1 unspecified atom stereocenters. The highest BCUT2D eigenvalue weighted by molar-refractivity contribution is 7.88. The summed E-state index contributed by atoms with van der Waals surface area (Å²) >= 11 is 0. The van der Waals surface area contributed by atoms with Gasteiger partial charge in [-0.2, -0.15) is 21.6 Å². The van der Waals surface area contributed by atoms with E-state index in [-0.39, 0.29) is 17.6 Å². The lowest BCUT2D eigenvalue weighted by Crippen LogP contribution is -2.28. The zero-order valence-electron chi connectivity index (χ0n) is 11.7. The minimum Gasteiger partial charge on any atom is -0.465 e. The fourth-order valence-electron chi connectivity index (χ4n) is 1.88. The fraction of sp³-hybridized carbons (Fsp3) is 0.462. The van der Waals surface area contributed by atoms with Gasteiger partial charge in [0.1, 0.15) is 5.75 Å². The van der Waals surface area contributed by atoms with Gasteiger partial charge in [-0.1, -0.05) is 0 Å². The SMILES string of the molecule is O=Cc1ccc(OC2CCCCO2)cc1OS(=O)(=O)C(F)(F)F. The number of hydrogen-bond acceptors (Lipinski definition) is 6. The quantitative estimate of drug-likeness (QED) is 0.459. The molecule has 0 radical (unpaired) electrons. The lowest BCUT2D eigenvalue weighted by atomic mass is 10.2. The van der Waals surface area contributed by atoms with Crippen LogP contribution in [0.1, 0.15) is 29.6 Å². The van der Waals surface area contributed by atoms with Gasteiger partial charge in [-0.05, 0) is 25.0 Å². The van der Waals surface area contributed by atoms with E-state index in [4.69, 9.17) is 9.47 Å². The van der Waals surface area contributed by atoms with Crippen molar-refractivity contribution in [2.24, 2.45) is 0 Å². The van der Waals surface area contributed by atoms with E-state index >= 15 is 0 Å². The first kappa shape index (κ1) is 17.5. The summed E-state index contributed by atoms with van der Waals surface area (Å²) in [6, 6.07) is 3.33. The lowest BCUT2D eigenvalue weighted by molar-refractivity contribution is -0.105. The number of aldehydes is 1. The molecule has 0 bridgehead atoms. The van der Waals surface area contributed by atoms with Gasteiger partial charge in [0.2, 0.25) is 0 Å². The van der Waals surface area contributed by atoms with Crippen LogP contribution < -0.4 is 8.92 Å². The van der Waals surface area contributed by atoms with E-state index in [1.807, 2.05) is 0 Å². The molecule has 1 aromatic carbocycles. The van der Waals surface area contributed by atoms with Crippen LogP contribution in [0.5, 0.6) is 11.5 Å². The van der Waals surface area contributed by atoms with Gasteiger partial charge in [0.05, 0.1) is 12.2 Å². The average Bonchev–Trinajstić information content (AvgIpc) is 2.47. The smallest absolute Gasteiger partial charge is 0.465 e. The first-order valence-corrected chi connectivity index (χ1v) is 8.02. The second kappa shape index (κ2) is 6.75. The molecule has 6 nitrogen and oxygen atoms in total. The Kier molecular flexibility index (Phi) is 5.15. The Morgan fingerprint density at radius 1 is 1.26 bits per heavy atom. The zero-order valence-corrected chi connectivity index (χ0v) is 12.5. The summed E-state index contributed by atoms with van der Waals surface area (Å²) in [6.07, 6.45) is 1.93. The minimum absolute atomic E-state index is 0.0369. The fourth-order valence-corrected chi connectivity index (χ4v) is 2.35. The largest absolute Gasteiger partial charge is 0.534 e. The molecule has 1 atom stereocenters. The van der Waals surface area contributed by atoms with Gasteiger partial charge in [0, 0.05) is 12.5 Å². The van der Waals surface area contributed by atoms with Crippen LogP contribution in [0.25, 0.3) is 0 Å². The summed E-state index contributed by atoms with van der Waals surface area (Å²) in [5.74, 6) is -0.722. The van der Waals surface area contributed by atoms with Crippen molar-refractivity contribution >= 4 is 16.4 Å². The summed E-state index contributed by atoms with van der Waals surface area (Å²) < 4.78 is 74.0. The van der Waals surface area contributed by atoms with E-state index in [2.05, 4.69) is 4.18 Å². The third-order valence-corrected chi connectivity index (χ3v) is 3.97. The Morgan fingerprint density at radius 3 is 2.57 bits per heavy atom. The standard InChI is InChI=1S/C13H13F3O6S/c14-13(15,16)23(18,19)22-11-7-10(5-4-9(11)8-17)21-12-3-1-2-6-20-12/h4-5,7-8,12H,1-3,6H2. The molecule has 1 aliphatic heterocycles. The molecule has 0 N–H and O–H groups in total. The van der Waals surface area contributed by atoms with E-state index in [9.17, 15) is 26.4 Å². The molecule has 1 saturated heterocycles. The Balaban J connectivity index is 2.23. The van der Waals surface area contributed by atoms with Crippen LogP contribution in [0.2, 0.25) is 0 Å². The Hall–Kier alpha value is -1.81. The van der Waals surface area contributed by atoms with Crippen LogP contribution in [-0.2, 0) is 14.9 Å². The molecular weight excluding hydrogens is 341 g/mol. The molecule has 0 aliphatic carbocycles. The van der Waals surface area contributed by atoms with E-state index in [0.717, 1.165) is 25.0 Å². The Morgan fingerprint density at radius 2 is 2.00 bits per heavy atom. The number of hydrogen-bond donors (Lipinski definition) is 0. The molecule has 2 rings (SSSR count). The van der Waals surface area contributed by atoms with Crippen LogP contribution in [-0.4, -0.2) is 33.1 Å². The molecule has 0 amide bonds. The van der Waals surface area contributed by atoms with Crippen LogP contribution in [0, 0.1) is 0 Å². The van der Waals surface area contributed by atoms with Crippen molar-refractivity contribution in [3.05, 3.63) is 23.8 Å². The molecule has 1 fully saturated rings. The van der Waals surface area contributed by atoms with Gasteiger partial charge in [0.15, 0.2) is 18.3 Å². The number of rotatable bonds is 5. The van der Waals surface area contributed by atoms with Crippen molar-refractivity contribution in [2.75, 3.05) is 6.61 Å². The highest BCUT2D eigenvalue weighted by atomic mass is 32.2. The molecule has 0 aromatic heterocycles. The third kappa shape index (κ3) is 4.35. The second-order valence-corrected chi connectivity index (χ2v) is 6.25. The normalized spacial score (nSPS) is 19.2. The van der Waals surface area contributed by atoms with Crippen molar-refractivity contribution < 1.29 is 40.0 Å². The predicted octanol–water partition coefficient (Wildman–Crippen LogP) is 2.63. The molecular formula is C13H13F3O6S. The number of carbonyl (C=O) groups excluding carboxylic acids is 1. The van der Waals surface area contributed by atoms with Crippen LogP contribution >= 0.6 is 0 Å². The number of ether oxygens (including phenoxy) is 2. The van der Waals surface area contributed by atoms with E-state index < -0.39 is 27.7 Å². The molecule has 1 heterocycles. The van der Waals surface area contributed by atoms with Gasteiger partial charge in [-0.25, -0.2) is 0 Å². The highest BCUT2D eigenvalue weighted by Crippen LogP contribution is 2.31. The summed E-state index contributed by atoms with van der Waals surface area (Å²) in [5.41, 5.74) is -5.95. The van der Waals surface area contributed by atoms with Crippen molar-refractivity contribution in [3.63, 3.8) is 0 Å². The minimum atomic E-state index is -5.88. The molecule has 0 spiro atoms. The second-order valence-electron chi connectivity index (χ2n) is 4.71. The summed E-state index contributed by atoms with van der Waals surface area (Å²) in [5, 5.41) is 0. The molecule has 23 heavy (non-hydrogen) atoms. The van der Waals surface area contributed by atoms with E-state index in [1.165, 1.54) is 6.07 Å². The van der Waals surface area contributed by atoms with E-state index in [1.54, 1.807) is 0 Å². The highest BCUT2D eigenvalue weighted by Gasteiger charge is 2.48. The molecule has 1 aromatic rings. The van der Waals surface area contributed by atoms with Gasteiger partial charge in [-0.3, -0.25) is 4.79 Å². The van der Waals surface area contributed by atoms with Crippen molar-refractivity contribution in [2.45, 2.75) is 31.1 Å². The van der Waals surface area contributed by atoms with Gasteiger partial charge >= 0.3 is 15.6 Å². The Labute approximate surface area is 130 Å². The predicted molar refractivity (Wildman–Crippen MR) is 71.7 cm³/mol. The van der Waals surface area contributed by atoms with Crippen LogP contribution in [0.15, 0.2) is 18.2 Å². The topological polar surface area (TPSA) is 78.9 Å². The Bertz CT molecular complexity index is 665. The first-order chi connectivity index (χ1) is 10.7. The van der Waals surface area contributed by atoms with Gasteiger partial charge in [0.25, 0.3) is 0 Å². The number of carbonyl (C=O) groups is 1. The average molecular weight is 354 g/mol. The first-order valence-electron chi connectivity index (χ1n) is 6.61. The number of halogens is 3. The number of alkyl halides is 3. The molecule has 1 aliphatic rings. The van der Waals surface area contributed by atoms with Crippen molar-refractivity contribution in [1.82, 2.24) is 0 Å². The van der Waals surface area contributed by atoms with Crippen molar-refractivity contribution in [1.29, 1.82) is 0 Å². The maximum absolute atomic E-state index is 12.4. The number of benzene rings is 1. The maximum atomic E-state index is 12.4. The summed E-state index contributed by atoms with van der Waals surface area (Å²) in [6.45, 7) is 0.489. The van der Waals surface area contributed by atoms with Gasteiger partial charge in [-0.15, -0.1) is 0 Å². The zero-order chi connectivity index (χ0) is 17.1. The molecule has 10 heteroatoms. The van der Waals surface area contributed by atoms with Crippen LogP contribution in [0.3, 0.4) is 0 Å². The summed E-state index contributed by atoms with van der Waals surface area (Å²) in [4.78, 5) is 10.8. The molecule has 0 saturated carbocycles. The monoisotopic (exact) mass is 354 g/mol. The molecule has 128 valence electrons.